The molecule has 0 aliphatic heterocycles. The maximum Gasteiger partial charge on any atom is 2.00 e. The Morgan fingerprint density at radius 3 is 1.25 bits per heavy atom. The fourth-order valence-electron chi connectivity index (χ4n) is 0. The minimum Gasteiger partial charge on any atom is -1.00 e. The monoisotopic (exact) mass is 305 g/mol. The summed E-state index contributed by atoms with van der Waals surface area (Å²) in [4.78, 5) is 0. The maximum atomic E-state index is 0. The summed E-state index contributed by atoms with van der Waals surface area (Å²) in [5.41, 5.74) is 0. The Morgan fingerprint density at radius 1 is 1.25 bits per heavy atom. The molecule has 0 heterocycles. The SMILES string of the molecule is O.[Fe].[H-].[H-].[Pr].[Sr+2]. The average Bonchev–Trinajstić information content (AvgIpc) is 0. The van der Waals surface area contributed by atoms with Gasteiger partial charge in [0.25, 0.3) is 0 Å². The summed E-state index contributed by atoms with van der Waals surface area (Å²) in [5.74, 6) is 0. The summed E-state index contributed by atoms with van der Waals surface area (Å²) >= 11 is 0. The van der Waals surface area contributed by atoms with Gasteiger partial charge in [-0.15, -0.1) is 0 Å². The predicted octanol–water partition coefficient (Wildman–Crippen LogP) is -0.983. The molecule has 0 amide bonds. The van der Waals surface area contributed by atoms with Crippen LogP contribution in [0, 0.1) is 41.3 Å². The van der Waals surface area contributed by atoms with Gasteiger partial charge in [0.1, 0.15) is 0 Å². The second kappa shape index (κ2) is 16.2. The number of hydrogen-bond acceptors (Lipinski definition) is 0. The number of rotatable bonds is 0. The minimum atomic E-state index is 0. The Bertz CT molecular complexity index is 13.5. The van der Waals surface area contributed by atoms with Gasteiger partial charge in [0.15, 0.2) is 0 Å². The first-order valence-electron chi connectivity index (χ1n) is 0. The van der Waals surface area contributed by atoms with Crippen LogP contribution in [0.3, 0.4) is 0 Å². The van der Waals surface area contributed by atoms with Crippen LogP contribution in [0.15, 0.2) is 0 Å². The van der Waals surface area contributed by atoms with E-state index in [0.717, 1.165) is 0 Å². The van der Waals surface area contributed by atoms with Gasteiger partial charge in [0.05, 0.1) is 0 Å². The summed E-state index contributed by atoms with van der Waals surface area (Å²) in [6.07, 6.45) is 0. The maximum absolute atomic E-state index is 0. The Balaban J connectivity index is 0. The molecule has 0 rings (SSSR count). The molecule has 0 spiro atoms. The van der Waals surface area contributed by atoms with Crippen LogP contribution in [-0.4, -0.2) is 51.0 Å². The van der Waals surface area contributed by atoms with Gasteiger partial charge < -0.3 is 8.33 Å². The van der Waals surface area contributed by atoms with Crippen molar-refractivity contribution in [3.05, 3.63) is 0 Å². The van der Waals surface area contributed by atoms with Crippen LogP contribution in [0.4, 0.5) is 0 Å². The largest absolute Gasteiger partial charge is 2.00 e. The van der Waals surface area contributed by atoms with E-state index in [1.165, 1.54) is 0 Å². The van der Waals surface area contributed by atoms with Crippen LogP contribution in [0.5, 0.6) is 0 Å². The molecule has 4 heavy (non-hydrogen) atoms. The molecule has 0 bridgehead atoms. The van der Waals surface area contributed by atoms with Crippen molar-refractivity contribution < 1.29 is 66.7 Å². The van der Waals surface area contributed by atoms with Crippen molar-refractivity contribution in [2.45, 2.75) is 0 Å². The average molecular weight is 304 g/mol. The molecule has 0 aromatic carbocycles. The van der Waals surface area contributed by atoms with Gasteiger partial charge in [0.2, 0.25) is 0 Å². The molecule has 23 valence electrons. The van der Waals surface area contributed by atoms with Crippen molar-refractivity contribution in [3.8, 4) is 0 Å². The van der Waals surface area contributed by atoms with E-state index in [4.69, 9.17) is 0 Å². The molecule has 1 nitrogen and oxygen atoms in total. The Kier molecular flexibility index (Phi) is 108. The molecule has 4 heteroatoms. The molecular weight excluding hydrogens is 300 g/mol. The first-order chi connectivity index (χ1) is 0. The van der Waals surface area contributed by atoms with Crippen LogP contribution in [0.1, 0.15) is 2.85 Å². The first kappa shape index (κ1) is 26.5. The quantitative estimate of drug-likeness (QED) is 0.515. The molecule has 0 aliphatic carbocycles. The van der Waals surface area contributed by atoms with E-state index >= 15 is 0 Å². The van der Waals surface area contributed by atoms with E-state index in [1.807, 2.05) is 0 Å². The summed E-state index contributed by atoms with van der Waals surface area (Å²) in [6, 6.07) is 0. The standard InChI is InChI=1S/Fe.H2O.Pr.Sr.2H/h;1H2;;;;/q;;;+2;2*-1. The third kappa shape index (κ3) is 9.01. The summed E-state index contributed by atoms with van der Waals surface area (Å²) in [7, 11) is 0. The van der Waals surface area contributed by atoms with Gasteiger partial charge in [-0.05, 0) is 0 Å². The van der Waals surface area contributed by atoms with Crippen LogP contribution in [-0.2, 0) is 17.1 Å². The third-order valence-electron chi connectivity index (χ3n) is 0. The second-order valence-corrected chi connectivity index (χ2v) is 0. The summed E-state index contributed by atoms with van der Waals surface area (Å²) in [6.45, 7) is 0. The van der Waals surface area contributed by atoms with E-state index in [0.29, 0.717) is 0 Å². The van der Waals surface area contributed by atoms with Crippen molar-refractivity contribution in [2.75, 3.05) is 0 Å². The smallest absolute Gasteiger partial charge is 1.00 e. The molecule has 2 N–H and O–H groups in total. The Morgan fingerprint density at radius 2 is 1.25 bits per heavy atom. The van der Waals surface area contributed by atoms with Gasteiger partial charge in [-0.25, -0.2) is 0 Å². The van der Waals surface area contributed by atoms with E-state index in [2.05, 4.69) is 0 Å². The van der Waals surface area contributed by atoms with Gasteiger partial charge in [-0.2, -0.15) is 0 Å². The Labute approximate surface area is 109 Å². The molecule has 0 aliphatic rings. The van der Waals surface area contributed by atoms with Gasteiger partial charge in [0, 0.05) is 58.4 Å². The van der Waals surface area contributed by atoms with Crippen molar-refractivity contribution >= 4 is 45.5 Å². The zero-order chi connectivity index (χ0) is 0. The van der Waals surface area contributed by atoms with Crippen molar-refractivity contribution in [3.63, 3.8) is 0 Å². The van der Waals surface area contributed by atoms with Crippen molar-refractivity contribution in [1.82, 2.24) is 0 Å². The fourth-order valence-corrected chi connectivity index (χ4v) is 0. The third-order valence-corrected chi connectivity index (χ3v) is 0. The molecule has 0 saturated carbocycles. The Hall–Kier alpha value is 3.32. The van der Waals surface area contributed by atoms with Gasteiger partial charge >= 0.3 is 45.5 Å². The van der Waals surface area contributed by atoms with Crippen LogP contribution in [0.25, 0.3) is 0 Å². The fraction of sp³-hybridized carbons (Fsp3) is 0. The van der Waals surface area contributed by atoms with Gasteiger partial charge in [-0.3, -0.25) is 0 Å². The molecular formula is H4FeOPrSr. The van der Waals surface area contributed by atoms with Crippen LogP contribution in [0.2, 0.25) is 0 Å². The van der Waals surface area contributed by atoms with E-state index < -0.39 is 0 Å². The second-order valence-electron chi connectivity index (χ2n) is 0. The molecule has 0 unspecified atom stereocenters. The first-order valence-corrected chi connectivity index (χ1v) is 0. The number of hydrogen-bond donors (Lipinski definition) is 0. The predicted molar refractivity (Wildman–Crippen MR) is 11.6 cm³/mol. The molecule has 0 saturated heterocycles. The topological polar surface area (TPSA) is 31.5 Å². The van der Waals surface area contributed by atoms with Gasteiger partial charge in [-0.1, -0.05) is 0 Å². The van der Waals surface area contributed by atoms with Crippen molar-refractivity contribution in [1.29, 1.82) is 0 Å². The van der Waals surface area contributed by atoms with Crippen LogP contribution < -0.4 is 0 Å². The molecule has 1 radical (unpaired) electrons. The summed E-state index contributed by atoms with van der Waals surface area (Å²) in [5, 5.41) is 0. The van der Waals surface area contributed by atoms with E-state index in [1.54, 1.807) is 0 Å². The molecule has 0 atom stereocenters. The van der Waals surface area contributed by atoms with E-state index in [9.17, 15) is 0 Å². The molecule has 0 aromatic heterocycles. The van der Waals surface area contributed by atoms with Crippen molar-refractivity contribution in [2.24, 2.45) is 0 Å². The zero-order valence-corrected chi connectivity index (χ0v) is 10.4. The summed E-state index contributed by atoms with van der Waals surface area (Å²) < 4.78 is 0. The van der Waals surface area contributed by atoms with Crippen LogP contribution >= 0.6 is 0 Å². The van der Waals surface area contributed by atoms with E-state index in [-0.39, 0.29) is 112 Å². The zero-order valence-electron chi connectivity index (χ0n) is 4.14. The minimum absolute atomic E-state index is 0. The molecule has 0 fully saturated rings. The normalized spacial score (nSPS) is 0. The molecule has 0 aromatic rings.